The van der Waals surface area contributed by atoms with Crippen LogP contribution in [0.1, 0.15) is 0 Å². The van der Waals surface area contributed by atoms with E-state index in [1.807, 2.05) is 0 Å². The van der Waals surface area contributed by atoms with Crippen molar-refractivity contribution in [2.24, 2.45) is 0 Å². The molecule has 0 aliphatic heterocycles. The summed E-state index contributed by atoms with van der Waals surface area (Å²) in [6.45, 7) is 0. The first-order valence-corrected chi connectivity index (χ1v) is 2.91. The van der Waals surface area contributed by atoms with Crippen molar-refractivity contribution >= 4 is 15.9 Å². The minimum Gasteiger partial charge on any atom is -0.206 e. The second-order valence-corrected chi connectivity index (χ2v) is 2.20. The van der Waals surface area contributed by atoms with Gasteiger partial charge in [0.1, 0.15) is 5.82 Å². The van der Waals surface area contributed by atoms with E-state index in [2.05, 4.69) is 22.0 Å². The molecule has 2 heteroatoms. The van der Waals surface area contributed by atoms with Gasteiger partial charge in [0.15, 0.2) is 0 Å². The van der Waals surface area contributed by atoms with E-state index in [9.17, 15) is 4.39 Å². The lowest BCUT2D eigenvalue weighted by Gasteiger charge is -1.84. The van der Waals surface area contributed by atoms with Crippen molar-refractivity contribution in [3.63, 3.8) is 0 Å². The largest absolute Gasteiger partial charge is 0.206 e. The Kier molecular flexibility index (Phi) is 1.63. The molecular weight excluding hydrogens is 171 g/mol. The van der Waals surface area contributed by atoms with Crippen molar-refractivity contribution in [2.75, 3.05) is 0 Å². The Morgan fingerprint density at radius 3 is 2.62 bits per heavy atom. The van der Waals surface area contributed by atoms with Crippen LogP contribution in [0.15, 0.2) is 22.7 Å². The van der Waals surface area contributed by atoms with Crippen molar-refractivity contribution in [3.05, 3.63) is 34.6 Å². The summed E-state index contributed by atoms with van der Waals surface area (Å²) in [5.74, 6) is -0.334. The van der Waals surface area contributed by atoms with Gasteiger partial charge in [-0.15, -0.1) is 0 Å². The fraction of sp³-hybridized carbons (Fsp3) is 0. The van der Waals surface area contributed by atoms with Gasteiger partial charge in [-0.1, -0.05) is 22.0 Å². The summed E-state index contributed by atoms with van der Waals surface area (Å²) in [5, 5.41) is 0. The minimum atomic E-state index is -0.334. The normalized spacial score (nSPS) is 9.25. The molecule has 0 heterocycles. The van der Waals surface area contributed by atoms with Gasteiger partial charge >= 0.3 is 0 Å². The monoisotopic (exact) mass is 173 g/mol. The maximum absolute atomic E-state index is 12.1. The van der Waals surface area contributed by atoms with E-state index in [1.54, 1.807) is 12.1 Å². The molecule has 0 nitrogen and oxygen atoms in total. The van der Waals surface area contributed by atoms with E-state index in [4.69, 9.17) is 0 Å². The van der Waals surface area contributed by atoms with Gasteiger partial charge in [0, 0.05) is 10.5 Å². The van der Waals surface area contributed by atoms with Crippen molar-refractivity contribution in [3.8, 4) is 0 Å². The van der Waals surface area contributed by atoms with Crippen LogP contribution in [0.2, 0.25) is 0 Å². The Balaban J connectivity index is 3.08. The van der Waals surface area contributed by atoms with Gasteiger partial charge in [-0.2, -0.15) is 0 Å². The molecule has 1 radical (unpaired) electrons. The predicted octanol–water partition coefficient (Wildman–Crippen LogP) is 2.39. The summed E-state index contributed by atoms with van der Waals surface area (Å²) in [5.41, 5.74) is 0. The molecule has 1 aromatic rings. The zero-order valence-corrected chi connectivity index (χ0v) is 5.57. The third-order valence-corrected chi connectivity index (χ3v) is 1.19. The zero-order valence-electron chi connectivity index (χ0n) is 3.99. The highest BCUT2D eigenvalue weighted by Gasteiger charge is 1.87. The smallest absolute Gasteiger partial charge is 0.132 e. The van der Waals surface area contributed by atoms with Crippen molar-refractivity contribution < 1.29 is 4.39 Å². The highest BCUT2D eigenvalue weighted by molar-refractivity contribution is 9.10. The van der Waals surface area contributed by atoms with Crippen LogP contribution < -0.4 is 0 Å². The second kappa shape index (κ2) is 2.27. The molecule has 0 unspecified atom stereocenters. The van der Waals surface area contributed by atoms with E-state index >= 15 is 0 Å². The van der Waals surface area contributed by atoms with Crippen LogP contribution in [0.3, 0.4) is 0 Å². The lowest BCUT2D eigenvalue weighted by Crippen LogP contribution is -1.69. The topological polar surface area (TPSA) is 0 Å². The van der Waals surface area contributed by atoms with Gasteiger partial charge in [-0.25, -0.2) is 4.39 Å². The van der Waals surface area contributed by atoms with Gasteiger partial charge in [-0.3, -0.25) is 0 Å². The maximum Gasteiger partial charge on any atom is 0.132 e. The predicted molar refractivity (Wildman–Crippen MR) is 32.9 cm³/mol. The minimum absolute atomic E-state index is 0.334. The molecule has 1 rings (SSSR count). The molecule has 0 bridgehead atoms. The molecule has 8 heavy (non-hydrogen) atoms. The Labute approximate surface area is 55.5 Å². The number of hydrogen-bond donors (Lipinski definition) is 0. The van der Waals surface area contributed by atoms with E-state index in [-0.39, 0.29) is 5.82 Å². The number of rotatable bonds is 0. The first-order chi connectivity index (χ1) is 3.79. The maximum atomic E-state index is 12.1. The van der Waals surface area contributed by atoms with Gasteiger partial charge in [-0.05, 0) is 12.1 Å². The van der Waals surface area contributed by atoms with Crippen LogP contribution in [-0.2, 0) is 0 Å². The molecule has 0 aliphatic carbocycles. The molecule has 41 valence electrons. The van der Waals surface area contributed by atoms with Crippen molar-refractivity contribution in [1.29, 1.82) is 0 Å². The summed E-state index contributed by atoms with van der Waals surface area (Å²) in [6, 6.07) is 7.12. The summed E-state index contributed by atoms with van der Waals surface area (Å²) in [7, 11) is 0. The second-order valence-electron chi connectivity index (χ2n) is 1.35. The van der Waals surface area contributed by atoms with E-state index in [0.717, 1.165) is 0 Å². The number of halogens is 2. The quantitative estimate of drug-likeness (QED) is 0.566. The third-order valence-electron chi connectivity index (χ3n) is 0.724. The Morgan fingerprint density at radius 1 is 1.50 bits per heavy atom. The molecule has 0 amide bonds. The summed E-state index contributed by atoms with van der Waals surface area (Å²) < 4.78 is 12.7. The van der Waals surface area contributed by atoms with Crippen LogP contribution in [0, 0.1) is 11.9 Å². The van der Waals surface area contributed by atoms with Gasteiger partial charge in [0.05, 0.1) is 0 Å². The first-order valence-electron chi connectivity index (χ1n) is 2.12. The lowest BCUT2D eigenvalue weighted by molar-refractivity contribution is 0.624. The zero-order chi connectivity index (χ0) is 5.98. The van der Waals surface area contributed by atoms with Gasteiger partial charge < -0.3 is 0 Å². The Morgan fingerprint density at radius 2 is 2.25 bits per heavy atom. The standard InChI is InChI=1S/C6H3BrF/c7-5-2-1-3-6(8)4-5/h1-3H. The molecule has 0 saturated heterocycles. The lowest BCUT2D eigenvalue weighted by atomic mass is 10.4. The average Bonchev–Trinajstić information content (AvgIpc) is 1.64. The highest BCUT2D eigenvalue weighted by Crippen LogP contribution is 2.08. The summed E-state index contributed by atoms with van der Waals surface area (Å²) >= 11 is 3.07. The third kappa shape index (κ3) is 1.30. The fourth-order valence-electron chi connectivity index (χ4n) is 0.414. The highest BCUT2D eigenvalue weighted by atomic mass is 79.9. The van der Waals surface area contributed by atoms with Crippen molar-refractivity contribution in [2.45, 2.75) is 0 Å². The molecule has 0 N–H and O–H groups in total. The van der Waals surface area contributed by atoms with Gasteiger partial charge in [0.2, 0.25) is 0 Å². The van der Waals surface area contributed by atoms with E-state index in [0.29, 0.717) is 4.47 Å². The van der Waals surface area contributed by atoms with Crippen molar-refractivity contribution in [1.82, 2.24) is 0 Å². The summed E-state index contributed by atoms with van der Waals surface area (Å²) in [4.78, 5) is 0. The molecule has 0 spiro atoms. The van der Waals surface area contributed by atoms with Crippen LogP contribution in [0.25, 0.3) is 0 Å². The molecule has 0 aliphatic rings. The molecule has 0 saturated carbocycles. The van der Waals surface area contributed by atoms with E-state index in [1.165, 1.54) is 6.07 Å². The SMILES string of the molecule is Fc1[c]c(Br)ccc1. The van der Waals surface area contributed by atoms with Crippen LogP contribution in [0.4, 0.5) is 4.39 Å². The van der Waals surface area contributed by atoms with Gasteiger partial charge in [0.25, 0.3) is 0 Å². The molecule has 1 aromatic carbocycles. The molecule has 0 aromatic heterocycles. The average molecular weight is 174 g/mol. The van der Waals surface area contributed by atoms with Crippen LogP contribution in [-0.4, -0.2) is 0 Å². The Hall–Kier alpha value is -0.370. The van der Waals surface area contributed by atoms with Crippen LogP contribution in [0.5, 0.6) is 0 Å². The summed E-state index contributed by atoms with van der Waals surface area (Å²) in [6.07, 6.45) is 0. The Bertz CT molecular complexity index is 168. The van der Waals surface area contributed by atoms with E-state index < -0.39 is 0 Å². The molecular formula is C6H3BrF. The molecule has 0 fully saturated rings. The molecule has 0 atom stereocenters. The fourth-order valence-corrected chi connectivity index (χ4v) is 0.756. The first kappa shape index (κ1) is 5.76. The number of hydrogen-bond acceptors (Lipinski definition) is 0. The number of benzene rings is 1. The van der Waals surface area contributed by atoms with Crippen LogP contribution >= 0.6 is 15.9 Å².